The Hall–Kier alpha value is -4.15. The summed E-state index contributed by atoms with van der Waals surface area (Å²) in [7, 11) is 0. The summed E-state index contributed by atoms with van der Waals surface area (Å²) in [5.41, 5.74) is 1.19. The first-order valence-electron chi connectivity index (χ1n) is 7.34. The van der Waals surface area contributed by atoms with Gasteiger partial charge in [-0.3, -0.25) is 10.1 Å². The topological polar surface area (TPSA) is 161 Å². The molecule has 0 radical (unpaired) electrons. The van der Waals surface area contributed by atoms with Gasteiger partial charge in [0, 0.05) is 12.1 Å². The molecule has 2 N–H and O–H groups in total. The number of hydrogen-bond acceptors (Lipinski definition) is 7. The molecule has 0 atom stereocenters. The van der Waals surface area contributed by atoms with Crippen LogP contribution in [0.3, 0.4) is 0 Å². The molecule has 0 aliphatic rings. The van der Waals surface area contributed by atoms with Crippen molar-refractivity contribution in [1.82, 2.24) is 20.2 Å². The maximum absolute atomic E-state index is 10.5. The maximum atomic E-state index is 10.5. The zero-order valence-corrected chi connectivity index (χ0v) is 13.9. The first-order chi connectivity index (χ1) is 12.8. The smallest absolute Gasteiger partial charge is 0.335 e. The molecule has 1 aromatic heterocycles. The van der Waals surface area contributed by atoms with E-state index in [0.29, 0.717) is 11.3 Å². The van der Waals surface area contributed by atoms with Gasteiger partial charge in [0.25, 0.3) is 5.69 Å². The molecule has 11 nitrogen and oxygen atoms in total. The highest BCUT2D eigenvalue weighted by Crippen LogP contribution is 2.15. The van der Waals surface area contributed by atoms with E-state index < -0.39 is 16.9 Å². The molecule has 0 unspecified atom stereocenters. The predicted molar refractivity (Wildman–Crippen MR) is 90.9 cm³/mol. The molecule has 2 aromatic carbocycles. The quantitative estimate of drug-likeness (QED) is 0.515. The Kier molecular flexibility index (Phi) is 5.89. The number of carbonyl (C=O) groups is 2. The van der Waals surface area contributed by atoms with Gasteiger partial charge in [0.1, 0.15) is 6.33 Å². The van der Waals surface area contributed by atoms with Gasteiger partial charge < -0.3 is 10.2 Å². The fourth-order valence-electron chi connectivity index (χ4n) is 2.06. The molecule has 0 fully saturated rings. The molecule has 0 saturated carbocycles. The van der Waals surface area contributed by atoms with Crippen molar-refractivity contribution in [2.75, 3.05) is 0 Å². The lowest BCUT2D eigenvalue weighted by molar-refractivity contribution is -0.384. The molecule has 1 heterocycles. The molecule has 138 valence electrons. The fourth-order valence-corrected chi connectivity index (χ4v) is 2.06. The van der Waals surface area contributed by atoms with Gasteiger partial charge in [-0.25, -0.2) is 14.3 Å². The Morgan fingerprint density at radius 1 is 1.07 bits per heavy atom. The minimum Gasteiger partial charge on any atom is -0.478 e. The number of benzene rings is 2. The normalized spacial score (nSPS) is 9.81. The summed E-state index contributed by atoms with van der Waals surface area (Å²) in [4.78, 5) is 31.1. The number of aryl methyl sites for hydroxylation is 1. The third-order valence-corrected chi connectivity index (χ3v) is 3.23. The number of carboxylic acids is 2. The molecule has 0 spiro atoms. The summed E-state index contributed by atoms with van der Waals surface area (Å²) in [5, 5.41) is 38.2. The number of nitro groups is 1. The van der Waals surface area contributed by atoms with Crippen molar-refractivity contribution in [1.29, 1.82) is 0 Å². The number of aromatic carboxylic acids is 2. The third-order valence-electron chi connectivity index (χ3n) is 3.23. The zero-order valence-electron chi connectivity index (χ0n) is 13.9. The number of rotatable bonds is 4. The summed E-state index contributed by atoms with van der Waals surface area (Å²) in [6.07, 6.45) is 1.37. The molecule has 0 aliphatic heterocycles. The van der Waals surface area contributed by atoms with Crippen molar-refractivity contribution < 1.29 is 24.7 Å². The van der Waals surface area contributed by atoms with Crippen LogP contribution in [-0.2, 0) is 0 Å². The van der Waals surface area contributed by atoms with Crippen molar-refractivity contribution in [2.24, 2.45) is 0 Å². The van der Waals surface area contributed by atoms with E-state index in [1.807, 2.05) is 0 Å². The molecule has 3 aromatic rings. The molecule has 0 amide bonds. The fraction of sp³-hybridized carbons (Fsp3) is 0.0625. The number of non-ortho nitro benzene ring substituents is 1. The van der Waals surface area contributed by atoms with Gasteiger partial charge in [-0.15, -0.1) is 5.10 Å². The van der Waals surface area contributed by atoms with Gasteiger partial charge in [-0.1, -0.05) is 6.07 Å². The van der Waals surface area contributed by atoms with E-state index >= 15 is 0 Å². The van der Waals surface area contributed by atoms with Gasteiger partial charge >= 0.3 is 11.9 Å². The average molecular weight is 371 g/mol. The Bertz CT molecular complexity index is 954. The highest BCUT2D eigenvalue weighted by Gasteiger charge is 2.09. The van der Waals surface area contributed by atoms with Crippen molar-refractivity contribution in [3.63, 3.8) is 0 Å². The van der Waals surface area contributed by atoms with Crippen LogP contribution in [0.25, 0.3) is 5.69 Å². The maximum Gasteiger partial charge on any atom is 0.335 e. The summed E-state index contributed by atoms with van der Waals surface area (Å²) < 4.78 is 1.35. The molecule has 0 saturated heterocycles. The number of nitrogens with zero attached hydrogens (tertiary/aromatic N) is 5. The van der Waals surface area contributed by atoms with E-state index in [9.17, 15) is 19.7 Å². The Morgan fingerprint density at radius 3 is 2.19 bits per heavy atom. The van der Waals surface area contributed by atoms with Crippen LogP contribution < -0.4 is 0 Å². The van der Waals surface area contributed by atoms with Gasteiger partial charge in [0.15, 0.2) is 0 Å². The summed E-state index contributed by atoms with van der Waals surface area (Å²) in [6, 6.07) is 10.1. The van der Waals surface area contributed by atoms with Gasteiger partial charge in [-0.2, -0.15) is 0 Å². The van der Waals surface area contributed by atoms with E-state index in [-0.39, 0.29) is 16.8 Å². The molecule has 27 heavy (non-hydrogen) atoms. The SMILES string of the molecule is Cc1cc(C(=O)O)cc(C(=O)O)c1.O=[N+]([O-])c1cccc(-n2cnnn2)c1. The monoisotopic (exact) mass is 371 g/mol. The number of nitro benzene ring substituents is 1. The molecular formula is C16H13N5O6. The highest BCUT2D eigenvalue weighted by molar-refractivity contribution is 5.94. The molecule has 3 rings (SSSR count). The van der Waals surface area contributed by atoms with E-state index in [1.54, 1.807) is 19.1 Å². The largest absolute Gasteiger partial charge is 0.478 e. The number of hydrogen-bond donors (Lipinski definition) is 2. The second-order valence-corrected chi connectivity index (χ2v) is 5.23. The standard InChI is InChI=1S/C9H8O4.C7H5N5O2/c1-5-2-6(8(10)11)4-7(3-5)9(12)13;13-12(14)7-3-1-2-6(4-7)11-5-8-9-10-11/h2-4H,1H3,(H,10,11)(H,12,13);1-5H. The second-order valence-electron chi connectivity index (χ2n) is 5.23. The third kappa shape index (κ3) is 5.16. The lowest BCUT2D eigenvalue weighted by Gasteiger charge is -1.99. The van der Waals surface area contributed by atoms with Gasteiger partial charge in [0.2, 0.25) is 0 Å². The lowest BCUT2D eigenvalue weighted by Crippen LogP contribution is -2.02. The number of carboxylic acid groups (broad SMARTS) is 2. The second kappa shape index (κ2) is 8.29. The Labute approximate surface area is 151 Å². The minimum absolute atomic E-state index is 0.00241. The Balaban J connectivity index is 0.000000194. The first-order valence-corrected chi connectivity index (χ1v) is 7.34. The zero-order chi connectivity index (χ0) is 20.0. The number of aromatic nitrogens is 4. The Morgan fingerprint density at radius 2 is 1.70 bits per heavy atom. The summed E-state index contributed by atoms with van der Waals surface area (Å²) in [5.74, 6) is -2.24. The first kappa shape index (κ1) is 19.2. The molecule has 0 aliphatic carbocycles. The van der Waals surface area contributed by atoms with Crippen LogP contribution in [0.5, 0.6) is 0 Å². The average Bonchev–Trinajstić information content (AvgIpc) is 3.16. The predicted octanol–water partition coefficient (Wildman–Crippen LogP) is 1.96. The molecular weight excluding hydrogens is 358 g/mol. The minimum atomic E-state index is -1.12. The van der Waals surface area contributed by atoms with Crippen molar-refractivity contribution in [3.05, 3.63) is 75.6 Å². The van der Waals surface area contributed by atoms with E-state index in [1.165, 1.54) is 35.3 Å². The van der Waals surface area contributed by atoms with Gasteiger partial charge in [0.05, 0.1) is 21.7 Å². The van der Waals surface area contributed by atoms with Crippen LogP contribution in [0, 0.1) is 17.0 Å². The van der Waals surface area contributed by atoms with Crippen LogP contribution in [0.15, 0.2) is 48.8 Å². The van der Waals surface area contributed by atoms with Crippen LogP contribution >= 0.6 is 0 Å². The van der Waals surface area contributed by atoms with Crippen molar-refractivity contribution >= 4 is 17.6 Å². The van der Waals surface area contributed by atoms with E-state index in [4.69, 9.17) is 10.2 Å². The van der Waals surface area contributed by atoms with Gasteiger partial charge in [-0.05, 0) is 47.2 Å². The highest BCUT2D eigenvalue weighted by atomic mass is 16.6. The van der Waals surface area contributed by atoms with E-state index in [2.05, 4.69) is 15.5 Å². The van der Waals surface area contributed by atoms with E-state index in [0.717, 1.165) is 6.07 Å². The van der Waals surface area contributed by atoms with Crippen LogP contribution in [0.2, 0.25) is 0 Å². The van der Waals surface area contributed by atoms with Crippen LogP contribution in [0.1, 0.15) is 26.3 Å². The summed E-state index contributed by atoms with van der Waals surface area (Å²) >= 11 is 0. The lowest BCUT2D eigenvalue weighted by atomic mass is 10.1. The van der Waals surface area contributed by atoms with Crippen LogP contribution in [-0.4, -0.2) is 47.3 Å². The van der Waals surface area contributed by atoms with Crippen molar-refractivity contribution in [2.45, 2.75) is 6.92 Å². The molecule has 0 bridgehead atoms. The summed E-state index contributed by atoms with van der Waals surface area (Å²) in [6.45, 7) is 1.65. The number of tetrazole rings is 1. The molecule has 11 heteroatoms. The van der Waals surface area contributed by atoms with Crippen molar-refractivity contribution in [3.8, 4) is 5.69 Å². The van der Waals surface area contributed by atoms with Crippen LogP contribution in [0.4, 0.5) is 5.69 Å².